The lowest BCUT2D eigenvalue weighted by Gasteiger charge is -2.08. The van der Waals surface area contributed by atoms with Gasteiger partial charge in [-0.3, -0.25) is 24.8 Å². The minimum atomic E-state index is -0.430. The van der Waals surface area contributed by atoms with E-state index in [-0.39, 0.29) is 11.8 Å². The first-order chi connectivity index (χ1) is 19.4. The monoisotopic (exact) mass is 536 g/mol. The molecule has 0 aliphatic rings. The van der Waals surface area contributed by atoms with Crippen LogP contribution in [0.3, 0.4) is 0 Å². The number of halogens is 1. The van der Waals surface area contributed by atoms with Crippen LogP contribution in [0.15, 0.2) is 61.2 Å². The molecule has 40 heavy (non-hydrogen) atoms. The Balaban J connectivity index is 1.38. The van der Waals surface area contributed by atoms with Crippen molar-refractivity contribution in [3.8, 4) is 39.8 Å². The Bertz CT molecular complexity index is 1880. The van der Waals surface area contributed by atoms with Gasteiger partial charge < -0.3 is 15.0 Å². The quantitative estimate of drug-likeness (QED) is 0.236. The fraction of sp³-hybridized carbons (Fsp3) is 0.172. The highest BCUT2D eigenvalue weighted by molar-refractivity contribution is 5.97. The van der Waals surface area contributed by atoms with Crippen molar-refractivity contribution in [3.63, 3.8) is 0 Å². The molecule has 0 fully saturated rings. The molecule has 3 N–H and O–H groups in total. The number of rotatable bonds is 7. The van der Waals surface area contributed by atoms with Gasteiger partial charge in [-0.25, -0.2) is 9.37 Å². The lowest BCUT2D eigenvalue weighted by atomic mass is 10.1. The Labute approximate surface area is 228 Å². The minimum Gasteiger partial charge on any atom is -0.497 e. The van der Waals surface area contributed by atoms with Crippen LogP contribution < -0.4 is 10.1 Å². The van der Waals surface area contributed by atoms with Crippen LogP contribution in [0.25, 0.3) is 56.0 Å². The summed E-state index contributed by atoms with van der Waals surface area (Å²) in [4.78, 5) is 33.7. The Morgan fingerprint density at radius 1 is 1.02 bits per heavy atom. The van der Waals surface area contributed by atoms with E-state index in [1.54, 1.807) is 36.9 Å². The molecule has 5 aromatic heterocycles. The number of amides is 1. The standard InChI is InChI=1S/C29H25FN8O2/c1-15(2)6-25(39)34-19-8-17(12-31-13-19)23-11-21-24(14-33-23)37-38-27(21)29-35-22-4-5-32-26(28(22)36-29)16-7-18(30)10-20(9-16)40-3/h4-5,7-15H,6H2,1-3H3,(H,34,39)(H,35,36)(H,37,38). The first-order valence-electron chi connectivity index (χ1n) is 12.7. The van der Waals surface area contributed by atoms with Gasteiger partial charge in [-0.05, 0) is 36.2 Å². The molecule has 0 spiro atoms. The lowest BCUT2D eigenvalue weighted by molar-refractivity contribution is -0.116. The molecule has 0 saturated heterocycles. The Hall–Kier alpha value is -5.19. The molecule has 0 unspecified atom stereocenters. The molecule has 0 bridgehead atoms. The van der Waals surface area contributed by atoms with E-state index in [1.807, 2.05) is 26.0 Å². The first kappa shape index (κ1) is 25.1. The second-order valence-electron chi connectivity index (χ2n) is 9.82. The van der Waals surface area contributed by atoms with Crippen LogP contribution in [-0.2, 0) is 4.79 Å². The number of hydrogen-bond acceptors (Lipinski definition) is 7. The van der Waals surface area contributed by atoms with Crippen LogP contribution in [0, 0.1) is 11.7 Å². The highest BCUT2D eigenvalue weighted by Gasteiger charge is 2.18. The van der Waals surface area contributed by atoms with Gasteiger partial charge in [-0.1, -0.05) is 13.8 Å². The number of ether oxygens (including phenoxy) is 1. The number of imidazole rings is 1. The van der Waals surface area contributed by atoms with Gasteiger partial charge in [-0.15, -0.1) is 0 Å². The van der Waals surface area contributed by atoms with Crippen molar-refractivity contribution < 1.29 is 13.9 Å². The molecule has 6 rings (SSSR count). The average molecular weight is 537 g/mol. The molecule has 0 radical (unpaired) electrons. The highest BCUT2D eigenvalue weighted by atomic mass is 19.1. The molecule has 0 atom stereocenters. The van der Waals surface area contributed by atoms with Crippen LogP contribution in [0.4, 0.5) is 10.1 Å². The summed E-state index contributed by atoms with van der Waals surface area (Å²) in [7, 11) is 1.49. The summed E-state index contributed by atoms with van der Waals surface area (Å²) in [5.74, 6) is 0.663. The number of pyridine rings is 3. The van der Waals surface area contributed by atoms with E-state index >= 15 is 0 Å². The molecule has 0 aliphatic heterocycles. The zero-order valence-electron chi connectivity index (χ0n) is 22.0. The maximum atomic E-state index is 14.2. The van der Waals surface area contributed by atoms with Gasteiger partial charge in [0.15, 0.2) is 5.82 Å². The molecule has 10 nitrogen and oxygen atoms in total. The SMILES string of the molecule is COc1cc(F)cc(-c2nccc3[nH]c(-c4n[nH]c5cnc(-c6cncc(NC(=O)CC(C)C)c6)cc45)nc23)c1. The van der Waals surface area contributed by atoms with Crippen molar-refractivity contribution >= 4 is 33.5 Å². The normalized spacial score (nSPS) is 11.4. The third-order valence-electron chi connectivity index (χ3n) is 6.36. The molecule has 5 heterocycles. The molecule has 11 heteroatoms. The fourth-order valence-corrected chi connectivity index (χ4v) is 4.56. The predicted octanol–water partition coefficient (Wildman–Crippen LogP) is 5.76. The number of anilines is 1. The summed E-state index contributed by atoms with van der Waals surface area (Å²) < 4.78 is 19.5. The van der Waals surface area contributed by atoms with E-state index in [4.69, 9.17) is 9.72 Å². The van der Waals surface area contributed by atoms with Gasteiger partial charge in [0.25, 0.3) is 0 Å². The van der Waals surface area contributed by atoms with Crippen molar-refractivity contribution in [3.05, 3.63) is 67.0 Å². The summed E-state index contributed by atoms with van der Waals surface area (Å²) in [6.07, 6.45) is 7.06. The number of fused-ring (bicyclic) bond motifs is 2. The van der Waals surface area contributed by atoms with E-state index < -0.39 is 5.82 Å². The summed E-state index contributed by atoms with van der Waals surface area (Å²) in [5.41, 5.74) is 5.68. The number of carbonyl (C=O) groups excluding carboxylic acids is 1. The van der Waals surface area contributed by atoms with Crippen molar-refractivity contribution in [2.75, 3.05) is 12.4 Å². The third kappa shape index (κ3) is 4.84. The fourth-order valence-electron chi connectivity index (χ4n) is 4.56. The predicted molar refractivity (Wildman–Crippen MR) is 150 cm³/mol. The number of aromatic nitrogens is 7. The zero-order chi connectivity index (χ0) is 27.8. The topological polar surface area (TPSA) is 134 Å². The van der Waals surface area contributed by atoms with Gasteiger partial charge in [-0.2, -0.15) is 5.10 Å². The number of aromatic amines is 2. The second kappa shape index (κ2) is 10.2. The van der Waals surface area contributed by atoms with Crippen molar-refractivity contribution in [2.24, 2.45) is 5.92 Å². The largest absolute Gasteiger partial charge is 0.497 e. The Kier molecular flexibility index (Phi) is 6.39. The smallest absolute Gasteiger partial charge is 0.224 e. The third-order valence-corrected chi connectivity index (χ3v) is 6.36. The number of methoxy groups -OCH3 is 1. The molecule has 0 saturated carbocycles. The highest BCUT2D eigenvalue weighted by Crippen LogP contribution is 2.33. The average Bonchev–Trinajstić information content (AvgIpc) is 3.56. The number of carbonyl (C=O) groups is 1. The van der Waals surface area contributed by atoms with Crippen LogP contribution in [0.1, 0.15) is 20.3 Å². The van der Waals surface area contributed by atoms with Crippen LogP contribution >= 0.6 is 0 Å². The molecule has 200 valence electrons. The van der Waals surface area contributed by atoms with Gasteiger partial charge in [0, 0.05) is 41.4 Å². The Morgan fingerprint density at radius 2 is 1.90 bits per heavy atom. The van der Waals surface area contributed by atoms with E-state index in [0.29, 0.717) is 51.8 Å². The zero-order valence-corrected chi connectivity index (χ0v) is 22.0. The lowest BCUT2D eigenvalue weighted by Crippen LogP contribution is -2.13. The van der Waals surface area contributed by atoms with Crippen molar-refractivity contribution in [1.29, 1.82) is 0 Å². The number of hydrogen-bond donors (Lipinski definition) is 3. The van der Waals surface area contributed by atoms with E-state index in [2.05, 4.69) is 35.5 Å². The molecular weight excluding hydrogens is 511 g/mol. The summed E-state index contributed by atoms with van der Waals surface area (Å²) in [6.45, 7) is 3.99. The number of nitrogens with zero attached hydrogens (tertiary/aromatic N) is 5. The number of nitrogens with one attached hydrogen (secondary N) is 3. The number of benzene rings is 1. The van der Waals surface area contributed by atoms with Gasteiger partial charge in [0.05, 0.1) is 47.6 Å². The number of H-pyrrole nitrogens is 2. The molecule has 1 amide bonds. The van der Waals surface area contributed by atoms with E-state index in [1.165, 1.54) is 19.2 Å². The van der Waals surface area contributed by atoms with E-state index in [9.17, 15) is 9.18 Å². The summed E-state index contributed by atoms with van der Waals surface area (Å²) in [6, 6.07) is 9.97. The van der Waals surface area contributed by atoms with Gasteiger partial charge in [0.2, 0.25) is 5.91 Å². The van der Waals surface area contributed by atoms with Gasteiger partial charge >= 0.3 is 0 Å². The summed E-state index contributed by atoms with van der Waals surface area (Å²) >= 11 is 0. The van der Waals surface area contributed by atoms with Gasteiger partial charge in [0.1, 0.15) is 22.8 Å². The maximum absolute atomic E-state index is 14.2. The first-order valence-corrected chi connectivity index (χ1v) is 12.7. The van der Waals surface area contributed by atoms with E-state index in [0.717, 1.165) is 22.0 Å². The molecule has 6 aromatic rings. The maximum Gasteiger partial charge on any atom is 0.224 e. The molecule has 1 aromatic carbocycles. The van der Waals surface area contributed by atoms with Crippen molar-refractivity contribution in [1.82, 2.24) is 35.1 Å². The molecule has 0 aliphatic carbocycles. The second-order valence-corrected chi connectivity index (χ2v) is 9.82. The Morgan fingerprint density at radius 3 is 2.73 bits per heavy atom. The molecular formula is C29H25FN8O2. The van der Waals surface area contributed by atoms with Crippen LogP contribution in [0.5, 0.6) is 5.75 Å². The van der Waals surface area contributed by atoms with Crippen LogP contribution in [0.2, 0.25) is 0 Å². The van der Waals surface area contributed by atoms with Crippen LogP contribution in [-0.4, -0.2) is 48.1 Å². The minimum absolute atomic E-state index is 0.0649. The van der Waals surface area contributed by atoms with Crippen molar-refractivity contribution in [2.45, 2.75) is 20.3 Å². The summed E-state index contributed by atoms with van der Waals surface area (Å²) in [5, 5.41) is 11.2.